The minimum Gasteiger partial charge on any atom is -0.494 e. The number of methoxy groups -OCH3 is 1. The van der Waals surface area contributed by atoms with E-state index in [1.807, 2.05) is 29.7 Å². The molecule has 1 aliphatic heterocycles. The van der Waals surface area contributed by atoms with E-state index in [1.165, 1.54) is 13.2 Å². The topological polar surface area (TPSA) is 42.0 Å². The van der Waals surface area contributed by atoms with Gasteiger partial charge in [-0.2, -0.15) is 0 Å². The van der Waals surface area contributed by atoms with Crippen LogP contribution in [0.3, 0.4) is 0 Å². The molecule has 6 heteroatoms. The third kappa shape index (κ3) is 5.41. The Morgan fingerprint density at radius 2 is 2.03 bits per heavy atom. The van der Waals surface area contributed by atoms with Crippen LogP contribution in [0.25, 0.3) is 0 Å². The molecule has 164 valence electrons. The Bertz CT molecular complexity index is 700. The van der Waals surface area contributed by atoms with Crippen molar-refractivity contribution in [3.05, 3.63) is 29.6 Å². The van der Waals surface area contributed by atoms with Crippen molar-refractivity contribution in [2.45, 2.75) is 77.9 Å². The molecule has 1 heterocycles. The van der Waals surface area contributed by atoms with E-state index in [2.05, 4.69) is 27.7 Å². The molecule has 1 aromatic carbocycles. The van der Waals surface area contributed by atoms with Crippen LogP contribution in [-0.4, -0.2) is 53.8 Å². The molecule has 0 aliphatic carbocycles. The minimum absolute atomic E-state index is 0.0249. The van der Waals surface area contributed by atoms with E-state index in [0.717, 1.165) is 19.3 Å². The molecule has 0 bridgehead atoms. The molecule has 5 nitrogen and oxygen atoms in total. The molecule has 1 aliphatic rings. The maximum absolute atomic E-state index is 14.4. The van der Waals surface area contributed by atoms with Crippen LogP contribution >= 0.6 is 0 Å². The fraction of sp³-hybridized carbons (Fsp3) is 0.696. The number of hydrogen-bond acceptors (Lipinski definition) is 3. The van der Waals surface area contributed by atoms with Crippen molar-refractivity contribution in [2.75, 3.05) is 26.9 Å². The zero-order chi connectivity index (χ0) is 21.8. The van der Waals surface area contributed by atoms with Crippen LogP contribution in [0.5, 0.6) is 5.75 Å². The summed E-state index contributed by atoms with van der Waals surface area (Å²) in [5.74, 6) is -0.241. The molecule has 0 radical (unpaired) electrons. The van der Waals surface area contributed by atoms with Gasteiger partial charge in [0.15, 0.2) is 11.6 Å². The Balaban J connectivity index is 2.41. The van der Waals surface area contributed by atoms with E-state index in [0.29, 0.717) is 25.3 Å². The van der Waals surface area contributed by atoms with Crippen molar-refractivity contribution in [1.82, 2.24) is 9.80 Å². The quantitative estimate of drug-likeness (QED) is 0.592. The summed E-state index contributed by atoms with van der Waals surface area (Å²) in [7, 11) is 1.44. The molecule has 0 saturated carbocycles. The molecule has 0 aromatic heterocycles. The first-order valence-corrected chi connectivity index (χ1v) is 10.5. The maximum Gasteiger partial charge on any atom is 0.321 e. The number of carbonyl (C=O) groups is 1. The van der Waals surface area contributed by atoms with Gasteiger partial charge in [0.2, 0.25) is 0 Å². The van der Waals surface area contributed by atoms with E-state index < -0.39 is 11.4 Å². The summed E-state index contributed by atoms with van der Waals surface area (Å²) >= 11 is 0. The summed E-state index contributed by atoms with van der Waals surface area (Å²) in [5, 5.41) is 0. The van der Waals surface area contributed by atoms with Gasteiger partial charge >= 0.3 is 6.03 Å². The normalized spacial score (nSPS) is 19.2. The Kier molecular flexibility index (Phi) is 7.55. The number of urea groups is 1. The van der Waals surface area contributed by atoms with Crippen LogP contribution in [0.15, 0.2) is 18.2 Å². The molecular formula is C23H37FN2O3. The minimum atomic E-state index is -0.509. The molecule has 2 amide bonds. The lowest BCUT2D eigenvalue weighted by Crippen LogP contribution is -2.62. The first-order valence-electron chi connectivity index (χ1n) is 10.5. The number of halogens is 1. The van der Waals surface area contributed by atoms with E-state index >= 15 is 0 Å². The Hall–Kier alpha value is -1.82. The highest BCUT2D eigenvalue weighted by Crippen LogP contribution is 2.36. The fourth-order valence-corrected chi connectivity index (χ4v) is 3.88. The maximum atomic E-state index is 14.4. The zero-order valence-corrected chi connectivity index (χ0v) is 19.0. The van der Waals surface area contributed by atoms with Gasteiger partial charge in [-0.1, -0.05) is 25.8 Å². The van der Waals surface area contributed by atoms with E-state index in [4.69, 9.17) is 9.47 Å². The van der Waals surface area contributed by atoms with Crippen molar-refractivity contribution >= 4 is 6.03 Å². The molecule has 2 rings (SSSR count). The number of unbranched alkanes of at least 4 members (excludes halogenated alkanes) is 2. The SMILES string of the molecule is CCCCCN(C(=O)N1C(c2ccc(OC)c(F)c2)COCC1(C)C)C(C)(C)C. The highest BCUT2D eigenvalue weighted by molar-refractivity contribution is 5.77. The predicted octanol–water partition coefficient (Wildman–Crippen LogP) is 5.40. The van der Waals surface area contributed by atoms with Gasteiger partial charge in [0.05, 0.1) is 31.9 Å². The number of hydrogen-bond donors (Lipinski definition) is 0. The van der Waals surface area contributed by atoms with Gasteiger partial charge in [0.1, 0.15) is 0 Å². The Morgan fingerprint density at radius 1 is 1.34 bits per heavy atom. The molecule has 1 aromatic rings. The summed E-state index contributed by atoms with van der Waals surface area (Å²) in [5.41, 5.74) is -0.105. The van der Waals surface area contributed by atoms with Crippen molar-refractivity contribution < 1.29 is 18.7 Å². The van der Waals surface area contributed by atoms with Gasteiger partial charge in [0, 0.05) is 12.1 Å². The standard InChI is InChI=1S/C23H37FN2O3/c1-8-9-10-13-25(22(2,3)4)21(27)26-19(15-29-16-23(26,5)6)17-11-12-20(28-7)18(24)14-17/h11-12,14,19H,8-10,13,15-16H2,1-7H3. The fourth-order valence-electron chi connectivity index (χ4n) is 3.88. The number of carbonyl (C=O) groups excluding carboxylic acids is 1. The van der Waals surface area contributed by atoms with Crippen LogP contribution in [0.4, 0.5) is 9.18 Å². The van der Waals surface area contributed by atoms with Crippen molar-refractivity contribution in [2.24, 2.45) is 0 Å². The average molecular weight is 409 g/mol. The second-order valence-corrected chi connectivity index (χ2v) is 9.42. The van der Waals surface area contributed by atoms with Crippen LogP contribution in [0.2, 0.25) is 0 Å². The number of nitrogens with zero attached hydrogens (tertiary/aromatic N) is 2. The molecular weight excluding hydrogens is 371 g/mol. The van der Waals surface area contributed by atoms with E-state index in [-0.39, 0.29) is 23.4 Å². The summed E-state index contributed by atoms with van der Waals surface area (Å²) in [6.07, 6.45) is 3.15. The second-order valence-electron chi connectivity index (χ2n) is 9.42. The van der Waals surface area contributed by atoms with Crippen molar-refractivity contribution in [3.63, 3.8) is 0 Å². The lowest BCUT2D eigenvalue weighted by molar-refractivity contribution is -0.0762. The molecule has 1 fully saturated rings. The van der Waals surface area contributed by atoms with Gasteiger partial charge in [-0.15, -0.1) is 0 Å². The number of ether oxygens (including phenoxy) is 2. The average Bonchev–Trinajstić information content (AvgIpc) is 2.62. The zero-order valence-electron chi connectivity index (χ0n) is 19.0. The Labute approximate surface area is 175 Å². The molecule has 1 saturated heterocycles. The van der Waals surface area contributed by atoms with Crippen LogP contribution < -0.4 is 4.74 Å². The van der Waals surface area contributed by atoms with Crippen LogP contribution in [0.1, 0.15) is 72.4 Å². The smallest absolute Gasteiger partial charge is 0.321 e. The van der Waals surface area contributed by atoms with Crippen molar-refractivity contribution in [1.29, 1.82) is 0 Å². The van der Waals surface area contributed by atoms with Gasteiger partial charge in [-0.25, -0.2) is 9.18 Å². The lowest BCUT2D eigenvalue weighted by atomic mass is 9.94. The van der Waals surface area contributed by atoms with Gasteiger partial charge in [-0.05, 0) is 58.7 Å². The highest BCUT2D eigenvalue weighted by Gasteiger charge is 2.44. The molecule has 0 spiro atoms. The first-order chi connectivity index (χ1) is 13.5. The summed E-state index contributed by atoms with van der Waals surface area (Å²) in [4.78, 5) is 17.7. The number of morpholine rings is 1. The first kappa shape index (κ1) is 23.5. The van der Waals surface area contributed by atoms with E-state index in [9.17, 15) is 9.18 Å². The number of benzene rings is 1. The van der Waals surface area contributed by atoms with Gasteiger partial charge in [0.25, 0.3) is 0 Å². The Morgan fingerprint density at radius 3 is 2.59 bits per heavy atom. The molecule has 1 atom stereocenters. The molecule has 29 heavy (non-hydrogen) atoms. The van der Waals surface area contributed by atoms with Crippen molar-refractivity contribution in [3.8, 4) is 5.75 Å². The summed E-state index contributed by atoms with van der Waals surface area (Å²) in [6, 6.07) is 4.49. The molecule has 0 N–H and O–H groups in total. The third-order valence-electron chi connectivity index (χ3n) is 5.49. The number of amides is 2. The lowest BCUT2D eigenvalue weighted by Gasteiger charge is -2.51. The van der Waals surface area contributed by atoms with Crippen LogP contribution in [0, 0.1) is 5.82 Å². The van der Waals surface area contributed by atoms with Gasteiger partial charge in [-0.3, -0.25) is 0 Å². The highest BCUT2D eigenvalue weighted by atomic mass is 19.1. The summed E-state index contributed by atoms with van der Waals surface area (Å²) < 4.78 is 25.3. The molecule has 1 unspecified atom stereocenters. The van der Waals surface area contributed by atoms with E-state index in [1.54, 1.807) is 6.07 Å². The largest absolute Gasteiger partial charge is 0.494 e. The second kappa shape index (κ2) is 9.33. The van der Waals surface area contributed by atoms with Gasteiger partial charge < -0.3 is 19.3 Å². The third-order valence-corrected chi connectivity index (χ3v) is 5.49. The summed E-state index contributed by atoms with van der Waals surface area (Å²) in [6.45, 7) is 13.8. The predicted molar refractivity (Wildman–Crippen MR) is 114 cm³/mol. The van der Waals surface area contributed by atoms with Crippen LogP contribution in [-0.2, 0) is 4.74 Å². The monoisotopic (exact) mass is 408 g/mol. The number of rotatable bonds is 6.